The third kappa shape index (κ3) is 3.28. The molecule has 1 aromatic carbocycles. The summed E-state index contributed by atoms with van der Waals surface area (Å²) in [5.74, 6) is 1.08. The molecule has 0 bridgehead atoms. The molecule has 2 N–H and O–H groups in total. The monoisotopic (exact) mass is 297 g/mol. The van der Waals surface area contributed by atoms with E-state index in [4.69, 9.17) is 33.7 Å². The SMILES string of the molecule is CC(C)c1cc(Cl)nnc1Oc1ccc(N)cc1Cl. The fraction of sp³-hybridized carbons (Fsp3) is 0.231. The molecule has 6 heteroatoms. The van der Waals surface area contributed by atoms with Crippen molar-refractivity contribution in [3.8, 4) is 11.6 Å². The molecule has 0 atom stereocenters. The average molecular weight is 298 g/mol. The van der Waals surface area contributed by atoms with E-state index in [2.05, 4.69) is 10.2 Å². The predicted molar refractivity (Wildman–Crippen MR) is 77.1 cm³/mol. The molecule has 1 heterocycles. The van der Waals surface area contributed by atoms with Crippen LogP contribution in [-0.4, -0.2) is 10.2 Å². The standard InChI is InChI=1S/C13H13Cl2N3O/c1-7(2)9-6-12(15)17-18-13(9)19-11-4-3-8(16)5-10(11)14/h3-7H,16H2,1-2H3. The van der Waals surface area contributed by atoms with Crippen LogP contribution in [0.5, 0.6) is 11.6 Å². The van der Waals surface area contributed by atoms with Gasteiger partial charge in [0.15, 0.2) is 5.15 Å². The first-order chi connectivity index (χ1) is 8.97. The predicted octanol–water partition coefficient (Wildman–Crippen LogP) is 4.28. The van der Waals surface area contributed by atoms with Crippen molar-refractivity contribution in [1.29, 1.82) is 0 Å². The summed E-state index contributed by atoms with van der Waals surface area (Å²) in [6, 6.07) is 6.76. The summed E-state index contributed by atoms with van der Waals surface area (Å²) in [5.41, 5.74) is 7.07. The molecule has 0 spiro atoms. The first kappa shape index (κ1) is 13.9. The van der Waals surface area contributed by atoms with Crippen LogP contribution in [0.3, 0.4) is 0 Å². The van der Waals surface area contributed by atoms with Gasteiger partial charge in [-0.05, 0) is 30.2 Å². The summed E-state index contributed by atoms with van der Waals surface area (Å²) < 4.78 is 5.69. The van der Waals surface area contributed by atoms with Crippen LogP contribution in [-0.2, 0) is 0 Å². The second-order valence-corrected chi connectivity index (χ2v) is 5.17. The lowest BCUT2D eigenvalue weighted by molar-refractivity contribution is 0.445. The van der Waals surface area contributed by atoms with E-state index in [-0.39, 0.29) is 5.92 Å². The number of aromatic nitrogens is 2. The molecule has 0 aliphatic carbocycles. The molecule has 0 aliphatic rings. The minimum Gasteiger partial charge on any atom is -0.436 e. The van der Waals surface area contributed by atoms with Crippen LogP contribution in [0.15, 0.2) is 24.3 Å². The molecule has 19 heavy (non-hydrogen) atoms. The summed E-state index contributed by atoms with van der Waals surface area (Å²) in [6.07, 6.45) is 0. The smallest absolute Gasteiger partial charge is 0.242 e. The van der Waals surface area contributed by atoms with Crippen LogP contribution < -0.4 is 10.5 Å². The van der Waals surface area contributed by atoms with E-state index in [1.807, 2.05) is 13.8 Å². The van der Waals surface area contributed by atoms with Gasteiger partial charge in [-0.15, -0.1) is 10.2 Å². The zero-order chi connectivity index (χ0) is 14.0. The van der Waals surface area contributed by atoms with Gasteiger partial charge in [-0.2, -0.15) is 0 Å². The van der Waals surface area contributed by atoms with Gasteiger partial charge in [0.05, 0.1) is 5.02 Å². The normalized spacial score (nSPS) is 10.8. The zero-order valence-corrected chi connectivity index (χ0v) is 12.0. The molecule has 0 aliphatic heterocycles. The maximum atomic E-state index is 6.06. The van der Waals surface area contributed by atoms with Gasteiger partial charge in [-0.25, -0.2) is 0 Å². The number of nitrogens with zero attached hydrogens (tertiary/aromatic N) is 2. The number of anilines is 1. The molecule has 0 saturated carbocycles. The van der Waals surface area contributed by atoms with E-state index in [1.165, 1.54) is 0 Å². The molecule has 2 rings (SSSR count). The third-order valence-corrected chi connectivity index (χ3v) is 3.02. The highest BCUT2D eigenvalue weighted by Gasteiger charge is 2.13. The van der Waals surface area contributed by atoms with Crippen LogP contribution >= 0.6 is 23.2 Å². The number of hydrogen-bond donors (Lipinski definition) is 1. The van der Waals surface area contributed by atoms with E-state index >= 15 is 0 Å². The zero-order valence-electron chi connectivity index (χ0n) is 10.5. The van der Waals surface area contributed by atoms with Crippen molar-refractivity contribution < 1.29 is 4.74 Å². The summed E-state index contributed by atoms with van der Waals surface area (Å²) in [4.78, 5) is 0. The number of nitrogen functional groups attached to an aromatic ring is 1. The van der Waals surface area contributed by atoms with Crippen molar-refractivity contribution in [3.05, 3.63) is 40.0 Å². The minimum atomic E-state index is 0.204. The number of halogens is 2. The van der Waals surface area contributed by atoms with Crippen molar-refractivity contribution in [2.75, 3.05) is 5.73 Å². The number of ether oxygens (including phenoxy) is 1. The van der Waals surface area contributed by atoms with Crippen molar-refractivity contribution in [2.24, 2.45) is 0 Å². The lowest BCUT2D eigenvalue weighted by Gasteiger charge is -2.13. The summed E-state index contributed by atoms with van der Waals surface area (Å²) in [6.45, 7) is 4.04. The number of rotatable bonds is 3. The van der Waals surface area contributed by atoms with Crippen molar-refractivity contribution in [3.63, 3.8) is 0 Å². The van der Waals surface area contributed by atoms with Crippen molar-refractivity contribution >= 4 is 28.9 Å². The van der Waals surface area contributed by atoms with Gasteiger partial charge < -0.3 is 10.5 Å². The molecule has 0 radical (unpaired) electrons. The van der Waals surface area contributed by atoms with E-state index in [9.17, 15) is 0 Å². The fourth-order valence-electron chi connectivity index (χ4n) is 1.57. The molecule has 0 unspecified atom stereocenters. The minimum absolute atomic E-state index is 0.204. The molecule has 4 nitrogen and oxygen atoms in total. The summed E-state index contributed by atoms with van der Waals surface area (Å²) in [7, 11) is 0. The topological polar surface area (TPSA) is 61.0 Å². The van der Waals surface area contributed by atoms with E-state index < -0.39 is 0 Å². The third-order valence-electron chi connectivity index (χ3n) is 2.54. The Kier molecular flexibility index (Phi) is 4.12. The Labute approximate surface area is 121 Å². The molecule has 100 valence electrons. The maximum Gasteiger partial charge on any atom is 0.242 e. The van der Waals surface area contributed by atoms with Crippen LogP contribution in [0, 0.1) is 0 Å². The van der Waals surface area contributed by atoms with Crippen LogP contribution in [0.25, 0.3) is 0 Å². The van der Waals surface area contributed by atoms with Crippen LogP contribution in [0.4, 0.5) is 5.69 Å². The van der Waals surface area contributed by atoms with Gasteiger partial charge in [0.25, 0.3) is 0 Å². The maximum absolute atomic E-state index is 6.06. The first-order valence-electron chi connectivity index (χ1n) is 5.73. The summed E-state index contributed by atoms with van der Waals surface area (Å²) in [5, 5.41) is 8.51. The molecule has 2 aromatic rings. The van der Waals surface area contributed by atoms with Crippen LogP contribution in [0.1, 0.15) is 25.3 Å². The summed E-state index contributed by atoms with van der Waals surface area (Å²) >= 11 is 11.9. The van der Waals surface area contributed by atoms with Gasteiger partial charge in [-0.1, -0.05) is 37.0 Å². The lowest BCUT2D eigenvalue weighted by atomic mass is 10.1. The molecular weight excluding hydrogens is 285 g/mol. The van der Waals surface area contributed by atoms with E-state index in [0.717, 1.165) is 5.56 Å². The van der Waals surface area contributed by atoms with Crippen LogP contribution in [0.2, 0.25) is 10.2 Å². The number of hydrogen-bond acceptors (Lipinski definition) is 4. The highest BCUT2D eigenvalue weighted by molar-refractivity contribution is 6.32. The Morgan fingerprint density at radius 3 is 2.53 bits per heavy atom. The first-order valence-corrected chi connectivity index (χ1v) is 6.49. The molecular formula is C13H13Cl2N3O. The van der Waals surface area contributed by atoms with Gasteiger partial charge in [0.1, 0.15) is 5.75 Å². The van der Waals surface area contributed by atoms with E-state index in [1.54, 1.807) is 24.3 Å². The second-order valence-electron chi connectivity index (χ2n) is 4.37. The van der Waals surface area contributed by atoms with Gasteiger partial charge in [0.2, 0.25) is 5.88 Å². The van der Waals surface area contributed by atoms with Gasteiger partial charge >= 0.3 is 0 Å². The fourth-order valence-corrected chi connectivity index (χ4v) is 1.95. The van der Waals surface area contributed by atoms with Crippen molar-refractivity contribution in [1.82, 2.24) is 10.2 Å². The van der Waals surface area contributed by atoms with E-state index in [0.29, 0.717) is 27.5 Å². The average Bonchev–Trinajstić information content (AvgIpc) is 2.34. The Hall–Kier alpha value is -1.52. The second kappa shape index (κ2) is 5.63. The Balaban J connectivity index is 2.38. The Morgan fingerprint density at radius 2 is 1.89 bits per heavy atom. The number of benzene rings is 1. The molecule has 0 fully saturated rings. The molecule has 0 amide bonds. The largest absolute Gasteiger partial charge is 0.436 e. The number of nitrogens with two attached hydrogens (primary N) is 1. The van der Waals surface area contributed by atoms with Gasteiger partial charge in [0, 0.05) is 11.3 Å². The molecule has 1 aromatic heterocycles. The lowest BCUT2D eigenvalue weighted by Crippen LogP contribution is -1.99. The van der Waals surface area contributed by atoms with Gasteiger partial charge in [-0.3, -0.25) is 0 Å². The highest BCUT2D eigenvalue weighted by Crippen LogP contribution is 2.34. The Morgan fingerprint density at radius 1 is 1.16 bits per heavy atom. The Bertz CT molecular complexity index is 602. The highest BCUT2D eigenvalue weighted by atomic mass is 35.5. The quantitative estimate of drug-likeness (QED) is 0.859. The van der Waals surface area contributed by atoms with Crippen molar-refractivity contribution in [2.45, 2.75) is 19.8 Å². The molecule has 0 saturated heterocycles.